The molecule has 3 rings (SSSR count). The monoisotopic (exact) mass is 366 g/mol. The van der Waals surface area contributed by atoms with Crippen molar-refractivity contribution in [3.63, 3.8) is 0 Å². The molecule has 1 atom stereocenters. The Bertz CT molecular complexity index is 824. The highest BCUT2D eigenvalue weighted by atomic mass is 35.5. The fourth-order valence-corrected chi connectivity index (χ4v) is 4.44. The number of rotatable bonds is 5. The zero-order chi connectivity index (χ0) is 17.2. The molecule has 0 saturated carbocycles. The summed E-state index contributed by atoms with van der Waals surface area (Å²) >= 11 is 5.88. The van der Waals surface area contributed by atoms with Crippen LogP contribution in [0.4, 0.5) is 11.6 Å². The first-order valence-electron chi connectivity index (χ1n) is 7.71. The van der Waals surface area contributed by atoms with E-state index in [1.165, 1.54) is 0 Å². The number of nitrogens with one attached hydrogen (secondary N) is 2. The Labute approximate surface area is 146 Å². The number of benzene rings is 1. The zero-order valence-corrected chi connectivity index (χ0v) is 14.9. The van der Waals surface area contributed by atoms with Crippen LogP contribution in [0.5, 0.6) is 0 Å². The second kappa shape index (κ2) is 6.94. The summed E-state index contributed by atoms with van der Waals surface area (Å²) in [6.45, 7) is 2.43. The molecule has 0 aliphatic carbocycles. The van der Waals surface area contributed by atoms with Crippen LogP contribution in [0, 0.1) is 6.92 Å². The van der Waals surface area contributed by atoms with Crippen LogP contribution in [0.1, 0.15) is 17.8 Å². The normalized spacial score (nSPS) is 19.2. The Balaban J connectivity index is 1.66. The van der Waals surface area contributed by atoms with Gasteiger partial charge in [0.1, 0.15) is 17.5 Å². The quantitative estimate of drug-likeness (QED) is 0.846. The Hall–Kier alpha value is -1.86. The maximum absolute atomic E-state index is 11.6. The number of sulfone groups is 1. The van der Waals surface area contributed by atoms with Gasteiger partial charge in [0, 0.05) is 23.7 Å². The molecule has 0 radical (unpaired) electrons. The van der Waals surface area contributed by atoms with Crippen molar-refractivity contribution < 1.29 is 8.42 Å². The Morgan fingerprint density at radius 1 is 1.21 bits per heavy atom. The van der Waals surface area contributed by atoms with E-state index >= 15 is 0 Å². The molecular formula is C16H19ClN4O2S. The predicted molar refractivity (Wildman–Crippen MR) is 96.2 cm³/mol. The van der Waals surface area contributed by atoms with Crippen LogP contribution >= 0.6 is 11.6 Å². The van der Waals surface area contributed by atoms with Crippen LogP contribution in [-0.4, -0.2) is 35.9 Å². The third kappa shape index (κ3) is 4.58. The van der Waals surface area contributed by atoms with Gasteiger partial charge in [-0.15, -0.1) is 0 Å². The van der Waals surface area contributed by atoms with Crippen LogP contribution in [-0.2, 0) is 16.4 Å². The van der Waals surface area contributed by atoms with Crippen LogP contribution < -0.4 is 10.6 Å². The second-order valence-electron chi connectivity index (χ2n) is 5.91. The molecule has 128 valence electrons. The number of aryl methyl sites for hydroxylation is 1. The van der Waals surface area contributed by atoms with E-state index in [1.807, 2.05) is 31.2 Å². The molecule has 1 fully saturated rings. The van der Waals surface area contributed by atoms with Crippen molar-refractivity contribution >= 4 is 33.1 Å². The van der Waals surface area contributed by atoms with E-state index in [1.54, 1.807) is 6.07 Å². The third-order valence-corrected chi connectivity index (χ3v) is 5.83. The maximum Gasteiger partial charge on any atom is 0.152 e. The average Bonchev–Trinajstić information content (AvgIpc) is 2.85. The summed E-state index contributed by atoms with van der Waals surface area (Å²) in [7, 11) is -2.92. The average molecular weight is 367 g/mol. The van der Waals surface area contributed by atoms with E-state index in [4.69, 9.17) is 11.6 Å². The highest BCUT2D eigenvalue weighted by molar-refractivity contribution is 7.91. The fraction of sp³-hybridized carbons (Fsp3) is 0.375. The molecule has 1 aromatic carbocycles. The lowest BCUT2D eigenvalue weighted by atomic mass is 10.2. The molecule has 1 aromatic heterocycles. The zero-order valence-electron chi connectivity index (χ0n) is 13.3. The molecule has 0 amide bonds. The molecule has 1 unspecified atom stereocenters. The molecule has 24 heavy (non-hydrogen) atoms. The van der Waals surface area contributed by atoms with Gasteiger partial charge in [0.05, 0.1) is 11.5 Å². The van der Waals surface area contributed by atoms with Gasteiger partial charge in [0.25, 0.3) is 0 Å². The van der Waals surface area contributed by atoms with Gasteiger partial charge in [-0.1, -0.05) is 23.7 Å². The number of hydrogen-bond acceptors (Lipinski definition) is 6. The molecule has 0 bridgehead atoms. The van der Waals surface area contributed by atoms with E-state index < -0.39 is 9.84 Å². The smallest absolute Gasteiger partial charge is 0.152 e. The molecule has 2 N–H and O–H groups in total. The molecule has 2 heterocycles. The molecule has 6 nitrogen and oxygen atoms in total. The highest BCUT2D eigenvalue weighted by Gasteiger charge is 2.28. The summed E-state index contributed by atoms with van der Waals surface area (Å²) in [6.07, 6.45) is 0.610. The molecule has 1 saturated heterocycles. The number of nitrogens with zero attached hydrogens (tertiary/aromatic N) is 2. The third-order valence-electron chi connectivity index (χ3n) is 3.81. The van der Waals surface area contributed by atoms with Crippen molar-refractivity contribution in [2.24, 2.45) is 0 Å². The number of anilines is 2. The first kappa shape index (κ1) is 17.0. The highest BCUT2D eigenvalue weighted by Crippen LogP contribution is 2.19. The summed E-state index contributed by atoms with van der Waals surface area (Å²) in [6, 6.07) is 9.30. The number of aromatic nitrogens is 2. The van der Waals surface area contributed by atoms with Crippen molar-refractivity contribution in [1.29, 1.82) is 0 Å². The van der Waals surface area contributed by atoms with E-state index in [-0.39, 0.29) is 17.5 Å². The fourth-order valence-electron chi connectivity index (χ4n) is 2.65. The van der Waals surface area contributed by atoms with Gasteiger partial charge < -0.3 is 10.6 Å². The molecular weight excluding hydrogens is 348 g/mol. The van der Waals surface area contributed by atoms with Crippen molar-refractivity contribution in [2.45, 2.75) is 25.9 Å². The minimum absolute atomic E-state index is 0.0894. The molecule has 8 heteroatoms. The maximum atomic E-state index is 11.6. The summed E-state index contributed by atoms with van der Waals surface area (Å²) in [4.78, 5) is 8.70. The minimum Gasteiger partial charge on any atom is -0.366 e. The summed E-state index contributed by atoms with van der Waals surface area (Å²) in [5.41, 5.74) is 1.09. The van der Waals surface area contributed by atoms with E-state index in [2.05, 4.69) is 20.6 Å². The van der Waals surface area contributed by atoms with E-state index in [0.717, 1.165) is 5.56 Å². The van der Waals surface area contributed by atoms with Crippen molar-refractivity contribution in [3.05, 3.63) is 46.7 Å². The first-order chi connectivity index (χ1) is 11.4. The van der Waals surface area contributed by atoms with Crippen LogP contribution in [0.15, 0.2) is 30.3 Å². The lowest BCUT2D eigenvalue weighted by Gasteiger charge is -2.13. The minimum atomic E-state index is -2.92. The summed E-state index contributed by atoms with van der Waals surface area (Å²) < 4.78 is 23.1. The van der Waals surface area contributed by atoms with Crippen LogP contribution in [0.25, 0.3) is 0 Å². The summed E-state index contributed by atoms with van der Waals surface area (Å²) in [5.74, 6) is 2.35. The lowest BCUT2D eigenvalue weighted by Crippen LogP contribution is -2.21. The molecule has 2 aromatic rings. The van der Waals surface area contributed by atoms with E-state index in [0.29, 0.717) is 35.4 Å². The van der Waals surface area contributed by atoms with Gasteiger partial charge in [-0.3, -0.25) is 0 Å². The van der Waals surface area contributed by atoms with Gasteiger partial charge >= 0.3 is 0 Å². The second-order valence-corrected chi connectivity index (χ2v) is 8.58. The number of hydrogen-bond donors (Lipinski definition) is 2. The van der Waals surface area contributed by atoms with Crippen LogP contribution in [0.3, 0.4) is 0 Å². The standard InChI is InChI=1S/C16H19ClN4O2S/c1-11-19-15(18-9-12-2-4-13(17)5-3-12)8-16(20-11)21-14-6-7-24(22,23)10-14/h2-5,8,14H,6-7,9-10H2,1H3,(H2,18,19,20,21). The Morgan fingerprint density at radius 3 is 2.58 bits per heavy atom. The largest absolute Gasteiger partial charge is 0.366 e. The van der Waals surface area contributed by atoms with E-state index in [9.17, 15) is 8.42 Å². The van der Waals surface area contributed by atoms with Crippen LogP contribution in [0.2, 0.25) is 5.02 Å². The van der Waals surface area contributed by atoms with Gasteiger partial charge in [0.2, 0.25) is 0 Å². The van der Waals surface area contributed by atoms with Crippen molar-refractivity contribution in [2.75, 3.05) is 22.1 Å². The van der Waals surface area contributed by atoms with Gasteiger partial charge in [-0.2, -0.15) is 0 Å². The van der Waals surface area contributed by atoms with Gasteiger partial charge in [0.15, 0.2) is 9.84 Å². The summed E-state index contributed by atoms with van der Waals surface area (Å²) in [5, 5.41) is 7.15. The van der Waals surface area contributed by atoms with Gasteiger partial charge in [-0.05, 0) is 31.0 Å². The molecule has 1 aliphatic rings. The van der Waals surface area contributed by atoms with Crippen molar-refractivity contribution in [3.8, 4) is 0 Å². The van der Waals surface area contributed by atoms with Gasteiger partial charge in [-0.25, -0.2) is 18.4 Å². The molecule has 0 spiro atoms. The SMILES string of the molecule is Cc1nc(NCc2ccc(Cl)cc2)cc(NC2CCS(=O)(=O)C2)n1. The van der Waals surface area contributed by atoms with Crippen molar-refractivity contribution in [1.82, 2.24) is 9.97 Å². The Morgan fingerprint density at radius 2 is 1.92 bits per heavy atom. The lowest BCUT2D eigenvalue weighted by molar-refractivity contribution is 0.602. The Kier molecular flexibility index (Phi) is 4.91. The predicted octanol–water partition coefficient (Wildman–Crippen LogP) is 2.65. The number of halogens is 1. The topological polar surface area (TPSA) is 84.0 Å². The first-order valence-corrected chi connectivity index (χ1v) is 9.90. The molecule has 1 aliphatic heterocycles.